The minimum Gasteiger partial charge on any atom is -0.354 e. The van der Waals surface area contributed by atoms with Crippen LogP contribution in [-0.4, -0.2) is 67.2 Å². The van der Waals surface area contributed by atoms with Crippen molar-refractivity contribution in [3.63, 3.8) is 0 Å². The quantitative estimate of drug-likeness (QED) is 0.745. The summed E-state index contributed by atoms with van der Waals surface area (Å²) < 4.78 is 0. The molecule has 2 aliphatic rings. The van der Waals surface area contributed by atoms with Gasteiger partial charge in [-0.25, -0.2) is 4.98 Å². The van der Waals surface area contributed by atoms with E-state index in [0.29, 0.717) is 13.1 Å². The van der Waals surface area contributed by atoms with E-state index in [4.69, 9.17) is 0 Å². The van der Waals surface area contributed by atoms with Gasteiger partial charge in [-0.1, -0.05) is 12.1 Å². The molecule has 1 N–H and O–H groups in total. The molecule has 2 aromatic rings. The number of fused-ring (bicyclic) bond motifs is 1. The molecule has 0 unspecified atom stereocenters. The molecule has 3 heterocycles. The van der Waals surface area contributed by atoms with Crippen LogP contribution >= 0.6 is 11.8 Å². The summed E-state index contributed by atoms with van der Waals surface area (Å²) in [5.41, 5.74) is 1.97. The molecular formula is C23H29N5O2S. The number of thioether (sulfide) groups is 1. The van der Waals surface area contributed by atoms with Crippen molar-refractivity contribution in [1.82, 2.24) is 15.2 Å². The molecule has 1 saturated heterocycles. The number of carbonyl (C=O) groups excluding carboxylic acids is 2. The average molecular weight is 440 g/mol. The second kappa shape index (κ2) is 10.2. The van der Waals surface area contributed by atoms with Gasteiger partial charge in [0.15, 0.2) is 0 Å². The van der Waals surface area contributed by atoms with Gasteiger partial charge in [-0.05, 0) is 36.9 Å². The number of anilines is 2. The maximum atomic E-state index is 12.7. The fourth-order valence-corrected chi connectivity index (χ4v) is 4.85. The lowest BCUT2D eigenvalue weighted by Gasteiger charge is -2.33. The molecular weight excluding hydrogens is 410 g/mol. The number of pyridine rings is 1. The van der Waals surface area contributed by atoms with Gasteiger partial charge < -0.3 is 20.0 Å². The largest absolute Gasteiger partial charge is 0.354 e. The molecule has 1 aromatic heterocycles. The van der Waals surface area contributed by atoms with Crippen LogP contribution in [0.1, 0.15) is 18.4 Å². The topological polar surface area (TPSA) is 68.8 Å². The molecule has 0 atom stereocenters. The van der Waals surface area contributed by atoms with Gasteiger partial charge in [-0.15, -0.1) is 11.8 Å². The van der Waals surface area contributed by atoms with Gasteiger partial charge in [0.05, 0.1) is 5.69 Å². The summed E-state index contributed by atoms with van der Waals surface area (Å²) in [6.07, 6.45) is 2.21. The van der Waals surface area contributed by atoms with Crippen LogP contribution in [0, 0.1) is 0 Å². The Bertz CT molecular complexity index is 930. The number of likely N-dealkylation sites (N-methyl/N-ethyl adjacent to an activating group) is 1. The summed E-state index contributed by atoms with van der Waals surface area (Å²) >= 11 is 1.77. The minimum atomic E-state index is -0.106. The lowest BCUT2D eigenvalue weighted by atomic mass is 10.2. The molecule has 0 spiro atoms. The second-order valence-electron chi connectivity index (χ2n) is 7.95. The molecule has 1 aromatic carbocycles. The van der Waals surface area contributed by atoms with Crippen molar-refractivity contribution in [1.29, 1.82) is 0 Å². The second-order valence-corrected chi connectivity index (χ2v) is 9.09. The summed E-state index contributed by atoms with van der Waals surface area (Å²) in [6.45, 7) is 5.10. The first-order chi connectivity index (χ1) is 15.1. The highest BCUT2D eigenvalue weighted by molar-refractivity contribution is 7.99. The Morgan fingerprint density at radius 1 is 1.06 bits per heavy atom. The smallest absolute Gasteiger partial charge is 0.227 e. The Hall–Kier alpha value is -2.58. The molecule has 0 aliphatic carbocycles. The van der Waals surface area contributed by atoms with Crippen molar-refractivity contribution in [2.75, 3.05) is 55.3 Å². The molecule has 1 fully saturated rings. The third-order valence-electron chi connectivity index (χ3n) is 5.72. The number of amides is 2. The molecule has 2 amide bonds. The van der Waals surface area contributed by atoms with Crippen molar-refractivity contribution in [3.05, 3.63) is 48.2 Å². The monoisotopic (exact) mass is 439 g/mol. The summed E-state index contributed by atoms with van der Waals surface area (Å²) in [5.74, 6) is 1.74. The number of aromatic nitrogens is 1. The Balaban J connectivity index is 1.26. The number of piperazine rings is 1. The van der Waals surface area contributed by atoms with Crippen molar-refractivity contribution in [2.45, 2.75) is 24.3 Å². The molecule has 2 aliphatic heterocycles. The molecule has 0 radical (unpaired) electrons. The van der Waals surface area contributed by atoms with E-state index in [-0.39, 0.29) is 24.7 Å². The third-order valence-corrected chi connectivity index (χ3v) is 6.77. The predicted molar refractivity (Wildman–Crippen MR) is 125 cm³/mol. The van der Waals surface area contributed by atoms with E-state index in [9.17, 15) is 9.59 Å². The number of nitrogens with zero attached hydrogens (tertiary/aromatic N) is 4. The van der Waals surface area contributed by atoms with E-state index in [0.717, 1.165) is 53.9 Å². The first-order valence-corrected chi connectivity index (χ1v) is 11.8. The summed E-state index contributed by atoms with van der Waals surface area (Å²) in [6, 6.07) is 11.9. The van der Waals surface area contributed by atoms with Crippen molar-refractivity contribution in [3.8, 4) is 0 Å². The summed E-state index contributed by atoms with van der Waals surface area (Å²) in [4.78, 5) is 37.1. The van der Waals surface area contributed by atoms with Crippen molar-refractivity contribution < 1.29 is 9.59 Å². The molecule has 31 heavy (non-hydrogen) atoms. The minimum absolute atomic E-state index is 0.00386. The van der Waals surface area contributed by atoms with Crippen molar-refractivity contribution in [2.24, 2.45) is 0 Å². The van der Waals surface area contributed by atoms with Gasteiger partial charge in [0.1, 0.15) is 5.82 Å². The van der Waals surface area contributed by atoms with Crippen LogP contribution in [0.3, 0.4) is 0 Å². The number of benzene rings is 1. The van der Waals surface area contributed by atoms with Gasteiger partial charge in [0.2, 0.25) is 11.8 Å². The van der Waals surface area contributed by atoms with E-state index in [1.807, 2.05) is 41.3 Å². The Morgan fingerprint density at radius 3 is 2.71 bits per heavy atom. The standard InChI is InChI=1S/C23H29N5O2S/c1-26-10-12-27(13-11-26)21-16-18(8-9-24-21)17-25-22(29)6-7-23(30)28-14-15-31-20-5-3-2-4-19(20)28/h2-5,8-9,16H,6-7,10-15,17H2,1H3,(H,25,29). The van der Waals surface area contributed by atoms with Crippen LogP contribution in [0.2, 0.25) is 0 Å². The van der Waals surface area contributed by atoms with Gasteiger partial charge in [-0.2, -0.15) is 0 Å². The molecule has 7 nitrogen and oxygen atoms in total. The van der Waals surface area contributed by atoms with Crippen LogP contribution in [0.5, 0.6) is 0 Å². The molecule has 0 saturated carbocycles. The highest BCUT2D eigenvalue weighted by Crippen LogP contribution is 2.34. The van der Waals surface area contributed by atoms with Crippen LogP contribution in [0.25, 0.3) is 0 Å². The maximum absolute atomic E-state index is 12.7. The van der Waals surface area contributed by atoms with E-state index >= 15 is 0 Å². The normalized spacial score (nSPS) is 16.7. The van der Waals surface area contributed by atoms with Gasteiger partial charge in [0, 0.05) is 69.0 Å². The SMILES string of the molecule is CN1CCN(c2cc(CNC(=O)CCC(=O)N3CCSc4ccccc43)ccn2)CC1. The number of rotatable bonds is 6. The third kappa shape index (κ3) is 5.57. The number of nitrogens with one attached hydrogen (secondary N) is 1. The van der Waals surface area contributed by atoms with Gasteiger partial charge >= 0.3 is 0 Å². The molecule has 8 heteroatoms. The Kier molecular flexibility index (Phi) is 7.09. The first-order valence-electron chi connectivity index (χ1n) is 10.8. The lowest BCUT2D eigenvalue weighted by Crippen LogP contribution is -2.44. The van der Waals surface area contributed by atoms with Crippen LogP contribution in [0.4, 0.5) is 11.5 Å². The number of para-hydroxylation sites is 1. The Morgan fingerprint density at radius 2 is 1.87 bits per heavy atom. The number of hydrogen-bond donors (Lipinski definition) is 1. The van der Waals surface area contributed by atoms with E-state index < -0.39 is 0 Å². The number of carbonyl (C=O) groups is 2. The predicted octanol–water partition coefficient (Wildman–Crippen LogP) is 2.37. The van der Waals surface area contributed by atoms with E-state index in [1.54, 1.807) is 18.0 Å². The highest BCUT2D eigenvalue weighted by Gasteiger charge is 2.23. The fraction of sp³-hybridized carbons (Fsp3) is 0.435. The van der Waals surface area contributed by atoms with Crippen LogP contribution < -0.4 is 15.1 Å². The molecule has 4 rings (SSSR count). The van der Waals surface area contributed by atoms with Gasteiger partial charge in [-0.3, -0.25) is 9.59 Å². The van der Waals surface area contributed by atoms with Crippen LogP contribution in [0.15, 0.2) is 47.5 Å². The zero-order valence-electron chi connectivity index (χ0n) is 17.9. The Labute approximate surface area is 187 Å². The molecule has 164 valence electrons. The zero-order valence-corrected chi connectivity index (χ0v) is 18.7. The lowest BCUT2D eigenvalue weighted by molar-refractivity contribution is -0.125. The number of hydrogen-bond acceptors (Lipinski definition) is 6. The van der Waals surface area contributed by atoms with E-state index in [1.165, 1.54) is 0 Å². The fourth-order valence-electron chi connectivity index (χ4n) is 3.85. The van der Waals surface area contributed by atoms with Crippen LogP contribution in [-0.2, 0) is 16.1 Å². The van der Waals surface area contributed by atoms with Crippen molar-refractivity contribution >= 4 is 35.1 Å². The van der Waals surface area contributed by atoms with Gasteiger partial charge in [0.25, 0.3) is 0 Å². The zero-order chi connectivity index (χ0) is 21.6. The first kappa shape index (κ1) is 21.6. The average Bonchev–Trinajstić information content (AvgIpc) is 2.81. The highest BCUT2D eigenvalue weighted by atomic mass is 32.2. The summed E-state index contributed by atoms with van der Waals surface area (Å²) in [5, 5.41) is 2.95. The molecule has 0 bridgehead atoms. The van der Waals surface area contributed by atoms with E-state index in [2.05, 4.69) is 27.1 Å². The summed E-state index contributed by atoms with van der Waals surface area (Å²) in [7, 11) is 2.13. The maximum Gasteiger partial charge on any atom is 0.227 e.